The van der Waals surface area contributed by atoms with Gasteiger partial charge in [0.15, 0.2) is 11.5 Å². The van der Waals surface area contributed by atoms with Gasteiger partial charge in [0.05, 0.1) is 22.7 Å². The van der Waals surface area contributed by atoms with Crippen LogP contribution < -0.4 is 15.0 Å². The van der Waals surface area contributed by atoms with E-state index in [-0.39, 0.29) is 23.9 Å². The maximum absolute atomic E-state index is 13.8. The van der Waals surface area contributed by atoms with Crippen molar-refractivity contribution in [1.82, 2.24) is 14.8 Å². The summed E-state index contributed by atoms with van der Waals surface area (Å²) in [6.07, 6.45) is 6.77. The fourth-order valence-electron chi connectivity index (χ4n) is 6.17. The molecule has 1 aromatic heterocycles. The molecule has 0 bridgehead atoms. The number of carbonyl (C=O) groups excluding carboxylic acids is 1. The predicted octanol–water partition coefficient (Wildman–Crippen LogP) is 5.17. The van der Waals surface area contributed by atoms with Crippen molar-refractivity contribution in [1.29, 1.82) is 0 Å². The Labute approximate surface area is 227 Å². The number of halogens is 1. The zero-order chi connectivity index (χ0) is 26.6. The number of nitrogens with zero attached hydrogens (tertiary/aromatic N) is 2. The summed E-state index contributed by atoms with van der Waals surface area (Å²) >= 11 is 8.42. The highest BCUT2D eigenvalue weighted by Gasteiger charge is 2.48. The van der Waals surface area contributed by atoms with Crippen LogP contribution in [0.15, 0.2) is 15.8 Å². The first-order valence-corrected chi connectivity index (χ1v) is 14.6. The molecular formula is C28H36ClN3O4S. The van der Waals surface area contributed by atoms with Crippen LogP contribution in [0.4, 0.5) is 0 Å². The Morgan fingerprint density at radius 1 is 1.16 bits per heavy atom. The number of rotatable bonds is 5. The van der Waals surface area contributed by atoms with Crippen LogP contribution in [0.5, 0.6) is 11.5 Å². The van der Waals surface area contributed by atoms with Crippen molar-refractivity contribution < 1.29 is 14.3 Å². The standard InChI is InChI=1S/C28H36ClN3O4S/c1-15-13-21(37-6)20(26(33)30-15)14-32-12-11-19-22(27(32)34)16(2)24-25(23(19)29)36-28(3,35-24)17-7-9-18(10-8-17)31(4)5/h13,17-18H,7-12,14H2,1-6H3,(H,30,33)/t17-,18-,28?. The quantitative estimate of drug-likeness (QED) is 0.522. The largest absolute Gasteiger partial charge is 0.448 e. The lowest BCUT2D eigenvalue weighted by molar-refractivity contribution is -0.123. The second kappa shape index (κ2) is 9.86. The summed E-state index contributed by atoms with van der Waals surface area (Å²) in [5.41, 5.74) is 3.42. The van der Waals surface area contributed by atoms with E-state index in [1.54, 1.807) is 4.90 Å². The van der Waals surface area contributed by atoms with Gasteiger partial charge >= 0.3 is 0 Å². The Balaban J connectivity index is 1.43. The van der Waals surface area contributed by atoms with Gasteiger partial charge in [-0.05, 0) is 77.9 Å². The van der Waals surface area contributed by atoms with E-state index in [1.807, 2.05) is 33.1 Å². The van der Waals surface area contributed by atoms with Gasteiger partial charge in [0.1, 0.15) is 0 Å². The fourth-order valence-corrected chi connectivity index (χ4v) is 7.18. The Morgan fingerprint density at radius 3 is 2.49 bits per heavy atom. The monoisotopic (exact) mass is 545 g/mol. The molecule has 37 heavy (non-hydrogen) atoms. The van der Waals surface area contributed by atoms with Crippen LogP contribution in [0.25, 0.3) is 0 Å². The number of ether oxygens (including phenoxy) is 2. The minimum Gasteiger partial charge on any atom is -0.448 e. The summed E-state index contributed by atoms with van der Waals surface area (Å²) in [6.45, 7) is 6.52. The molecule has 1 aromatic carbocycles. The van der Waals surface area contributed by atoms with E-state index in [2.05, 4.69) is 24.0 Å². The molecule has 7 nitrogen and oxygen atoms in total. The number of fused-ring (bicyclic) bond motifs is 2. The van der Waals surface area contributed by atoms with Crippen LogP contribution >= 0.6 is 23.4 Å². The highest BCUT2D eigenvalue weighted by molar-refractivity contribution is 7.98. The number of thioether (sulfide) groups is 1. The minimum absolute atomic E-state index is 0.126. The maximum Gasteiger partial charge on any atom is 0.254 e. The van der Waals surface area contributed by atoms with Gasteiger partial charge in [-0.15, -0.1) is 11.8 Å². The summed E-state index contributed by atoms with van der Waals surface area (Å²) < 4.78 is 13.0. The summed E-state index contributed by atoms with van der Waals surface area (Å²) in [5, 5.41) is 0.479. The van der Waals surface area contributed by atoms with Crippen molar-refractivity contribution >= 4 is 29.3 Å². The van der Waals surface area contributed by atoms with Crippen molar-refractivity contribution in [3.05, 3.63) is 49.4 Å². The van der Waals surface area contributed by atoms with Crippen molar-refractivity contribution in [2.24, 2.45) is 5.92 Å². The maximum atomic E-state index is 13.8. The van der Waals surface area contributed by atoms with E-state index in [4.69, 9.17) is 21.1 Å². The molecule has 3 heterocycles. The topological polar surface area (TPSA) is 74.9 Å². The van der Waals surface area contributed by atoms with E-state index < -0.39 is 5.79 Å². The zero-order valence-corrected chi connectivity index (χ0v) is 24.1. The molecular weight excluding hydrogens is 510 g/mol. The van der Waals surface area contributed by atoms with Crippen molar-refractivity contribution in [3.63, 3.8) is 0 Å². The van der Waals surface area contributed by atoms with Gasteiger partial charge in [-0.25, -0.2) is 0 Å². The SMILES string of the molecule is CSc1cc(C)[nH]c(=O)c1CN1CCc2c(Cl)c3c(c(C)c2C1=O)OC(C)([C@H]1CC[C@H](N(C)C)CC1)O3. The van der Waals surface area contributed by atoms with E-state index in [0.717, 1.165) is 47.4 Å². The summed E-state index contributed by atoms with van der Waals surface area (Å²) in [4.78, 5) is 34.3. The molecule has 1 saturated carbocycles. The highest BCUT2D eigenvalue weighted by atomic mass is 35.5. The van der Waals surface area contributed by atoms with Crippen LogP contribution in [0.2, 0.25) is 5.02 Å². The van der Waals surface area contributed by atoms with Gasteiger partial charge < -0.3 is 24.3 Å². The van der Waals surface area contributed by atoms with Gasteiger partial charge in [-0.2, -0.15) is 0 Å². The average Bonchev–Trinajstić information content (AvgIpc) is 3.24. The Bertz CT molecular complexity index is 1300. The van der Waals surface area contributed by atoms with Crippen LogP contribution in [-0.2, 0) is 13.0 Å². The molecule has 1 N–H and O–H groups in total. The molecule has 0 radical (unpaired) electrons. The van der Waals surface area contributed by atoms with Gasteiger partial charge in [0.25, 0.3) is 17.3 Å². The lowest BCUT2D eigenvalue weighted by atomic mass is 9.81. The molecule has 0 saturated heterocycles. The molecule has 1 unspecified atom stereocenters. The Kier molecular flexibility index (Phi) is 7.05. The number of aryl methyl sites for hydroxylation is 1. The molecule has 2 aliphatic heterocycles. The normalized spacial score (nSPS) is 25.1. The number of aromatic amines is 1. The fraction of sp³-hybridized carbons (Fsp3) is 0.571. The van der Waals surface area contributed by atoms with Crippen LogP contribution in [0, 0.1) is 19.8 Å². The highest BCUT2D eigenvalue weighted by Crippen LogP contribution is 2.54. The number of nitrogens with one attached hydrogen (secondary N) is 1. The molecule has 2 aromatic rings. The summed E-state index contributed by atoms with van der Waals surface area (Å²) in [6, 6.07) is 2.54. The summed E-state index contributed by atoms with van der Waals surface area (Å²) in [7, 11) is 4.27. The van der Waals surface area contributed by atoms with E-state index in [0.29, 0.717) is 46.7 Å². The lowest BCUT2D eigenvalue weighted by Crippen LogP contribution is -2.46. The van der Waals surface area contributed by atoms with Crippen LogP contribution in [0.3, 0.4) is 0 Å². The molecule has 1 aliphatic carbocycles. The third-order valence-corrected chi connectivity index (χ3v) is 9.60. The molecule has 1 fully saturated rings. The predicted molar refractivity (Wildman–Crippen MR) is 147 cm³/mol. The smallest absolute Gasteiger partial charge is 0.254 e. The molecule has 1 atom stereocenters. The molecule has 200 valence electrons. The number of hydrogen-bond donors (Lipinski definition) is 1. The van der Waals surface area contributed by atoms with Crippen LogP contribution in [-0.4, -0.2) is 59.4 Å². The molecule has 3 aliphatic rings. The number of aromatic nitrogens is 1. The third-order valence-electron chi connectivity index (χ3n) is 8.40. The number of H-pyrrole nitrogens is 1. The minimum atomic E-state index is -0.802. The Morgan fingerprint density at radius 2 is 1.84 bits per heavy atom. The second-order valence-electron chi connectivity index (χ2n) is 10.9. The zero-order valence-electron chi connectivity index (χ0n) is 22.5. The lowest BCUT2D eigenvalue weighted by Gasteiger charge is -2.39. The van der Waals surface area contributed by atoms with Gasteiger partial charge in [0, 0.05) is 41.6 Å². The summed E-state index contributed by atoms with van der Waals surface area (Å²) in [5.74, 6) is 0.460. The third kappa shape index (κ3) is 4.55. The van der Waals surface area contributed by atoms with Gasteiger partial charge in [-0.3, -0.25) is 9.59 Å². The number of benzene rings is 1. The van der Waals surface area contributed by atoms with Crippen molar-refractivity contribution in [3.8, 4) is 11.5 Å². The van der Waals surface area contributed by atoms with E-state index >= 15 is 0 Å². The van der Waals surface area contributed by atoms with Gasteiger partial charge in [0.2, 0.25) is 0 Å². The first kappa shape index (κ1) is 26.4. The first-order chi connectivity index (χ1) is 17.5. The number of hydrogen-bond acceptors (Lipinski definition) is 6. The molecule has 0 spiro atoms. The van der Waals surface area contributed by atoms with Gasteiger partial charge in [-0.1, -0.05) is 11.6 Å². The number of carbonyl (C=O) groups is 1. The molecule has 1 amide bonds. The molecule has 9 heteroatoms. The van der Waals surface area contributed by atoms with Crippen molar-refractivity contribution in [2.45, 2.75) is 76.1 Å². The van der Waals surface area contributed by atoms with E-state index in [9.17, 15) is 9.59 Å². The second-order valence-corrected chi connectivity index (χ2v) is 12.2. The molecule has 5 rings (SSSR count). The van der Waals surface area contributed by atoms with Crippen LogP contribution in [0.1, 0.15) is 65.3 Å². The first-order valence-electron chi connectivity index (χ1n) is 13.0. The Hall–Kier alpha value is -2.16. The number of pyridine rings is 1. The van der Waals surface area contributed by atoms with Crippen molar-refractivity contribution in [2.75, 3.05) is 26.9 Å². The average molecular weight is 546 g/mol. The van der Waals surface area contributed by atoms with E-state index in [1.165, 1.54) is 11.8 Å². The number of amides is 1.